The number of benzene rings is 1. The van der Waals surface area contributed by atoms with Gasteiger partial charge in [-0.25, -0.2) is 0 Å². The number of nitrogens with zero attached hydrogens (tertiary/aromatic N) is 1. The zero-order valence-corrected chi connectivity index (χ0v) is 16.5. The zero-order valence-electron chi connectivity index (χ0n) is 15.0. The predicted octanol–water partition coefficient (Wildman–Crippen LogP) is 4.43. The van der Waals surface area contributed by atoms with E-state index in [1.165, 1.54) is 0 Å². The number of carbonyl (C=O) groups is 2. The second-order valence-corrected chi connectivity index (χ2v) is 7.60. The van der Waals surface area contributed by atoms with Crippen LogP contribution in [0.5, 0.6) is 0 Å². The van der Waals surface area contributed by atoms with E-state index in [4.69, 9.17) is 23.2 Å². The van der Waals surface area contributed by atoms with Gasteiger partial charge in [0.1, 0.15) is 6.04 Å². The minimum Gasteiger partial charge on any atom is -0.350 e. The van der Waals surface area contributed by atoms with Crippen molar-refractivity contribution in [2.45, 2.75) is 65.6 Å². The van der Waals surface area contributed by atoms with Gasteiger partial charge >= 0.3 is 0 Å². The van der Waals surface area contributed by atoms with E-state index in [1.54, 1.807) is 24.0 Å². The normalized spacial score (nSPS) is 12.6. The topological polar surface area (TPSA) is 49.4 Å². The van der Waals surface area contributed by atoms with Gasteiger partial charge in [0.05, 0.1) is 10.0 Å². The third-order valence-electron chi connectivity index (χ3n) is 3.52. The SMILES string of the molecule is CCC(=O)N(Cc1ccc(Cl)c(Cl)c1)C(CC)C(=O)NC(C)(C)C. The first-order valence-corrected chi connectivity index (χ1v) is 8.90. The van der Waals surface area contributed by atoms with Crippen LogP contribution in [0.2, 0.25) is 10.0 Å². The fraction of sp³-hybridized carbons (Fsp3) is 0.556. The minimum atomic E-state index is -0.522. The number of rotatable bonds is 6. The van der Waals surface area contributed by atoms with Crippen molar-refractivity contribution in [1.82, 2.24) is 10.2 Å². The van der Waals surface area contributed by atoms with Crippen molar-refractivity contribution >= 4 is 35.0 Å². The van der Waals surface area contributed by atoms with E-state index in [1.807, 2.05) is 33.8 Å². The largest absolute Gasteiger partial charge is 0.350 e. The van der Waals surface area contributed by atoms with Crippen LogP contribution in [0.15, 0.2) is 18.2 Å². The molecule has 0 bridgehead atoms. The van der Waals surface area contributed by atoms with Crippen LogP contribution in [0.25, 0.3) is 0 Å². The molecular weight excluding hydrogens is 347 g/mol. The van der Waals surface area contributed by atoms with Gasteiger partial charge in [0.25, 0.3) is 0 Å². The van der Waals surface area contributed by atoms with Gasteiger partial charge in [0.2, 0.25) is 11.8 Å². The molecule has 2 amide bonds. The molecule has 1 N–H and O–H groups in total. The van der Waals surface area contributed by atoms with Crippen molar-refractivity contribution in [2.75, 3.05) is 0 Å². The lowest BCUT2D eigenvalue weighted by Gasteiger charge is -2.33. The highest BCUT2D eigenvalue weighted by Gasteiger charge is 2.29. The fourth-order valence-corrected chi connectivity index (χ4v) is 2.73. The fourth-order valence-electron chi connectivity index (χ4n) is 2.41. The summed E-state index contributed by atoms with van der Waals surface area (Å²) in [6.07, 6.45) is 0.871. The summed E-state index contributed by atoms with van der Waals surface area (Å²) in [4.78, 5) is 26.6. The summed E-state index contributed by atoms with van der Waals surface area (Å²) >= 11 is 12.0. The Morgan fingerprint density at radius 3 is 2.25 bits per heavy atom. The van der Waals surface area contributed by atoms with Crippen LogP contribution in [0.4, 0.5) is 0 Å². The molecule has 0 aromatic heterocycles. The van der Waals surface area contributed by atoms with E-state index in [-0.39, 0.29) is 17.4 Å². The van der Waals surface area contributed by atoms with Crippen LogP contribution in [-0.2, 0) is 16.1 Å². The second-order valence-electron chi connectivity index (χ2n) is 6.79. The van der Waals surface area contributed by atoms with Gasteiger partial charge in [0.15, 0.2) is 0 Å². The molecule has 0 aliphatic rings. The summed E-state index contributed by atoms with van der Waals surface area (Å²) in [5.41, 5.74) is 0.489. The molecule has 0 saturated heterocycles. The van der Waals surface area contributed by atoms with Crippen LogP contribution in [-0.4, -0.2) is 28.3 Å². The number of hydrogen-bond donors (Lipinski definition) is 1. The molecule has 6 heteroatoms. The number of halogens is 2. The molecule has 0 spiro atoms. The Bertz CT molecular complexity index is 597. The van der Waals surface area contributed by atoms with Gasteiger partial charge in [-0.3, -0.25) is 9.59 Å². The van der Waals surface area contributed by atoms with Gasteiger partial charge in [-0.1, -0.05) is 43.1 Å². The maximum atomic E-state index is 12.6. The first-order valence-electron chi connectivity index (χ1n) is 8.14. The molecule has 1 aromatic carbocycles. The average molecular weight is 373 g/mol. The molecule has 0 saturated carbocycles. The Balaban J connectivity index is 3.07. The van der Waals surface area contributed by atoms with Crippen LogP contribution in [0.1, 0.15) is 53.0 Å². The van der Waals surface area contributed by atoms with Gasteiger partial charge in [-0.2, -0.15) is 0 Å². The van der Waals surface area contributed by atoms with Crippen molar-refractivity contribution in [3.8, 4) is 0 Å². The number of amides is 2. The lowest BCUT2D eigenvalue weighted by molar-refractivity contribution is -0.141. The minimum absolute atomic E-state index is 0.0722. The number of carbonyl (C=O) groups excluding carboxylic acids is 2. The van der Waals surface area contributed by atoms with Gasteiger partial charge in [-0.05, 0) is 44.9 Å². The highest BCUT2D eigenvalue weighted by atomic mass is 35.5. The molecule has 0 aliphatic heterocycles. The lowest BCUT2D eigenvalue weighted by atomic mass is 10.1. The summed E-state index contributed by atoms with van der Waals surface area (Å²) in [7, 11) is 0. The van der Waals surface area contributed by atoms with Gasteiger partial charge < -0.3 is 10.2 Å². The Morgan fingerprint density at radius 1 is 1.17 bits per heavy atom. The van der Waals surface area contributed by atoms with E-state index in [0.717, 1.165) is 5.56 Å². The molecule has 1 atom stereocenters. The summed E-state index contributed by atoms with van der Waals surface area (Å²) in [6, 6.07) is 4.72. The Hall–Kier alpha value is -1.26. The Morgan fingerprint density at radius 2 is 1.79 bits per heavy atom. The van der Waals surface area contributed by atoms with Gasteiger partial charge in [0, 0.05) is 18.5 Å². The van der Waals surface area contributed by atoms with Crippen LogP contribution < -0.4 is 5.32 Å². The molecule has 0 heterocycles. The molecule has 1 unspecified atom stereocenters. The maximum absolute atomic E-state index is 12.6. The van der Waals surface area contributed by atoms with Crippen molar-refractivity contribution in [2.24, 2.45) is 0 Å². The first kappa shape index (κ1) is 20.8. The summed E-state index contributed by atoms with van der Waals surface area (Å²) < 4.78 is 0. The maximum Gasteiger partial charge on any atom is 0.243 e. The Labute approximate surface area is 154 Å². The van der Waals surface area contributed by atoms with E-state index in [9.17, 15) is 9.59 Å². The monoisotopic (exact) mass is 372 g/mol. The summed E-state index contributed by atoms with van der Waals surface area (Å²) in [6.45, 7) is 9.77. The molecule has 0 radical (unpaired) electrons. The van der Waals surface area contributed by atoms with Crippen LogP contribution in [0.3, 0.4) is 0 Å². The molecule has 0 fully saturated rings. The van der Waals surface area contributed by atoms with Crippen molar-refractivity contribution in [1.29, 1.82) is 0 Å². The molecule has 134 valence electrons. The van der Waals surface area contributed by atoms with Crippen LogP contribution in [0, 0.1) is 0 Å². The lowest BCUT2D eigenvalue weighted by Crippen LogP contribution is -2.53. The van der Waals surface area contributed by atoms with E-state index in [2.05, 4.69) is 5.32 Å². The second kappa shape index (κ2) is 8.72. The summed E-state index contributed by atoms with van der Waals surface area (Å²) in [5, 5.41) is 3.86. The molecule has 0 aliphatic carbocycles. The molecule has 4 nitrogen and oxygen atoms in total. The molecular formula is C18H26Cl2N2O2. The Kier molecular flexibility index (Phi) is 7.56. The van der Waals surface area contributed by atoms with Crippen molar-refractivity contribution < 1.29 is 9.59 Å². The number of hydrogen-bond acceptors (Lipinski definition) is 2. The van der Waals surface area contributed by atoms with E-state index >= 15 is 0 Å². The third-order valence-corrected chi connectivity index (χ3v) is 4.26. The molecule has 1 rings (SSSR count). The summed E-state index contributed by atoms with van der Waals surface area (Å²) in [5.74, 6) is -0.219. The third kappa shape index (κ3) is 5.99. The van der Waals surface area contributed by atoms with Gasteiger partial charge in [-0.15, -0.1) is 0 Å². The quantitative estimate of drug-likeness (QED) is 0.802. The van der Waals surface area contributed by atoms with E-state index in [0.29, 0.717) is 29.4 Å². The predicted molar refractivity (Wildman–Crippen MR) is 99.3 cm³/mol. The smallest absolute Gasteiger partial charge is 0.243 e. The number of nitrogens with one attached hydrogen (secondary N) is 1. The zero-order chi connectivity index (χ0) is 18.5. The van der Waals surface area contributed by atoms with Crippen LogP contribution >= 0.6 is 23.2 Å². The highest BCUT2D eigenvalue weighted by molar-refractivity contribution is 6.42. The average Bonchev–Trinajstić information content (AvgIpc) is 2.48. The molecule has 1 aromatic rings. The molecule has 24 heavy (non-hydrogen) atoms. The highest BCUT2D eigenvalue weighted by Crippen LogP contribution is 2.24. The standard InChI is InChI=1S/C18H26Cl2N2O2/c1-6-15(17(24)21-18(3,4)5)22(16(23)7-2)11-12-8-9-13(19)14(20)10-12/h8-10,15H,6-7,11H2,1-5H3,(H,21,24). The first-order chi connectivity index (χ1) is 11.1. The van der Waals surface area contributed by atoms with Crippen molar-refractivity contribution in [3.63, 3.8) is 0 Å². The van der Waals surface area contributed by atoms with E-state index < -0.39 is 6.04 Å². The van der Waals surface area contributed by atoms with Crippen molar-refractivity contribution in [3.05, 3.63) is 33.8 Å².